The summed E-state index contributed by atoms with van der Waals surface area (Å²) in [6, 6.07) is 25.7. The molecule has 0 unspecified atom stereocenters. The quantitative estimate of drug-likeness (QED) is 0.155. The predicted octanol–water partition coefficient (Wildman–Crippen LogP) is 6.37. The molecule has 0 fully saturated rings. The third kappa shape index (κ3) is 8.77. The maximum atomic E-state index is 14.6. The minimum absolute atomic E-state index is 0.117. The Morgan fingerprint density at radius 3 is 2.04 bits per heavy atom. The van der Waals surface area contributed by atoms with Crippen LogP contribution in [0.25, 0.3) is 0 Å². The van der Waals surface area contributed by atoms with Crippen molar-refractivity contribution in [1.29, 1.82) is 0 Å². The van der Waals surface area contributed by atoms with Gasteiger partial charge in [0.1, 0.15) is 12.6 Å². The highest BCUT2D eigenvalue weighted by Gasteiger charge is 2.35. The molecule has 0 aliphatic carbocycles. The highest BCUT2D eigenvalue weighted by Crippen LogP contribution is 2.33. The molecule has 12 heteroatoms. The van der Waals surface area contributed by atoms with Gasteiger partial charge in [0.15, 0.2) is 11.5 Å². The van der Waals surface area contributed by atoms with Gasteiger partial charge in [-0.25, -0.2) is 8.42 Å². The Morgan fingerprint density at radius 1 is 0.830 bits per heavy atom. The van der Waals surface area contributed by atoms with Gasteiger partial charge in [0, 0.05) is 41.2 Å². The van der Waals surface area contributed by atoms with Gasteiger partial charge in [0.2, 0.25) is 11.8 Å². The molecule has 0 saturated carbocycles. The van der Waals surface area contributed by atoms with Gasteiger partial charge >= 0.3 is 0 Å². The summed E-state index contributed by atoms with van der Waals surface area (Å²) in [5.41, 5.74) is 1.49. The Bertz CT molecular complexity index is 1750. The van der Waals surface area contributed by atoms with Crippen molar-refractivity contribution in [1.82, 2.24) is 10.2 Å². The second kappa shape index (κ2) is 16.5. The molecule has 0 saturated heterocycles. The smallest absolute Gasteiger partial charge is 0.264 e. The molecular weight excluding hydrogens is 661 g/mol. The molecule has 9 nitrogen and oxygen atoms in total. The first-order valence-corrected chi connectivity index (χ1v) is 17.1. The van der Waals surface area contributed by atoms with Crippen molar-refractivity contribution in [2.75, 3.05) is 31.6 Å². The summed E-state index contributed by atoms with van der Waals surface area (Å²) in [6.07, 6.45) is 0.845. The maximum absolute atomic E-state index is 14.6. The Kier molecular flexibility index (Phi) is 12.5. The number of sulfonamides is 1. The monoisotopic (exact) mass is 697 g/mol. The Labute approximate surface area is 286 Å². The van der Waals surface area contributed by atoms with E-state index in [1.54, 1.807) is 48.5 Å². The molecule has 4 aromatic carbocycles. The van der Waals surface area contributed by atoms with Crippen LogP contribution in [0.4, 0.5) is 5.69 Å². The first kappa shape index (κ1) is 35.6. The second-order valence-electron chi connectivity index (χ2n) is 10.6. The molecule has 47 heavy (non-hydrogen) atoms. The van der Waals surface area contributed by atoms with Crippen molar-refractivity contribution in [3.05, 3.63) is 118 Å². The number of nitrogens with zero attached hydrogens (tertiary/aromatic N) is 2. The molecular formula is C35H37Cl2N3O6S. The highest BCUT2D eigenvalue weighted by molar-refractivity contribution is 7.92. The fraction of sp³-hybridized carbons (Fsp3) is 0.257. The number of carbonyl (C=O) groups excluding carboxylic acids is 2. The van der Waals surface area contributed by atoms with Gasteiger partial charge in [-0.15, -0.1) is 0 Å². The minimum atomic E-state index is -4.35. The van der Waals surface area contributed by atoms with Crippen LogP contribution in [0.5, 0.6) is 11.5 Å². The lowest BCUT2D eigenvalue weighted by Gasteiger charge is -2.34. The molecule has 2 amide bonds. The summed E-state index contributed by atoms with van der Waals surface area (Å²) in [5, 5.41) is 3.52. The molecule has 248 valence electrons. The van der Waals surface area contributed by atoms with Crippen molar-refractivity contribution < 1.29 is 27.5 Å². The number of hydrogen-bond donors (Lipinski definition) is 1. The van der Waals surface area contributed by atoms with Gasteiger partial charge in [-0.3, -0.25) is 13.9 Å². The predicted molar refractivity (Wildman–Crippen MR) is 185 cm³/mol. The molecule has 0 bridgehead atoms. The largest absolute Gasteiger partial charge is 0.493 e. The lowest BCUT2D eigenvalue weighted by molar-refractivity contribution is -0.140. The zero-order valence-corrected chi connectivity index (χ0v) is 28.7. The number of amides is 2. The molecule has 0 aromatic heterocycles. The van der Waals surface area contributed by atoms with E-state index in [0.717, 1.165) is 9.87 Å². The van der Waals surface area contributed by atoms with E-state index in [2.05, 4.69) is 5.32 Å². The van der Waals surface area contributed by atoms with E-state index in [4.69, 9.17) is 32.7 Å². The van der Waals surface area contributed by atoms with Gasteiger partial charge in [-0.2, -0.15) is 0 Å². The molecule has 0 aliphatic rings. The SMILES string of the molecule is CCCNC(=O)[C@H](Cc1ccccc1)N(Cc1c(Cl)cccc1Cl)C(=O)CN(c1ccccc1)S(=O)(=O)c1ccc(OC)c(OC)c1. The van der Waals surface area contributed by atoms with Crippen LogP contribution in [0.2, 0.25) is 10.0 Å². The number of hydrogen-bond acceptors (Lipinski definition) is 6. The van der Waals surface area contributed by atoms with E-state index in [-0.39, 0.29) is 35.2 Å². The first-order valence-electron chi connectivity index (χ1n) is 14.9. The standard InChI is InChI=1S/C35H37Cl2N3O6S/c1-4-20-38-35(42)31(21-25-12-7-5-8-13-25)39(23-28-29(36)16-11-17-30(28)37)34(41)24-40(26-14-9-6-10-15-26)47(43,44)27-18-19-32(45-2)33(22-27)46-3/h5-19,22,31H,4,20-21,23-24H2,1-3H3,(H,38,42)/t31-/m0/s1. The molecule has 0 spiro atoms. The highest BCUT2D eigenvalue weighted by atomic mass is 35.5. The van der Waals surface area contributed by atoms with E-state index in [0.29, 0.717) is 34.3 Å². The molecule has 0 radical (unpaired) electrons. The number of nitrogens with one attached hydrogen (secondary N) is 1. The van der Waals surface area contributed by atoms with Gasteiger partial charge in [0.25, 0.3) is 10.0 Å². The average Bonchev–Trinajstić information content (AvgIpc) is 3.09. The van der Waals surface area contributed by atoms with Crippen molar-refractivity contribution in [3.8, 4) is 11.5 Å². The van der Waals surface area contributed by atoms with Crippen LogP contribution in [0.15, 0.2) is 102 Å². The van der Waals surface area contributed by atoms with E-state index in [1.807, 2.05) is 37.3 Å². The number of carbonyl (C=O) groups is 2. The summed E-state index contributed by atoms with van der Waals surface area (Å²) in [6.45, 7) is 1.54. The number of halogens is 2. The van der Waals surface area contributed by atoms with Crippen LogP contribution < -0.4 is 19.1 Å². The number of ether oxygens (including phenoxy) is 2. The third-order valence-electron chi connectivity index (χ3n) is 7.48. The van der Waals surface area contributed by atoms with Crippen molar-refractivity contribution in [3.63, 3.8) is 0 Å². The lowest BCUT2D eigenvalue weighted by Crippen LogP contribution is -2.53. The Hall–Kier alpha value is -4.25. The van der Waals surface area contributed by atoms with Gasteiger partial charge in [-0.05, 0) is 48.4 Å². The first-order chi connectivity index (χ1) is 22.6. The van der Waals surface area contributed by atoms with Crippen molar-refractivity contribution >= 4 is 50.7 Å². The van der Waals surface area contributed by atoms with E-state index < -0.39 is 28.5 Å². The molecule has 1 N–H and O–H groups in total. The molecule has 4 aromatic rings. The minimum Gasteiger partial charge on any atom is -0.493 e. The molecule has 0 aliphatic heterocycles. The van der Waals surface area contributed by atoms with Gasteiger partial charge in [-0.1, -0.05) is 84.7 Å². The fourth-order valence-corrected chi connectivity index (χ4v) is 6.95. The van der Waals surface area contributed by atoms with Crippen LogP contribution >= 0.6 is 23.2 Å². The number of methoxy groups -OCH3 is 2. The fourth-order valence-electron chi connectivity index (χ4n) is 5.00. The van der Waals surface area contributed by atoms with Crippen LogP contribution in [0.3, 0.4) is 0 Å². The average molecular weight is 699 g/mol. The van der Waals surface area contributed by atoms with Crippen LogP contribution in [0.1, 0.15) is 24.5 Å². The van der Waals surface area contributed by atoms with Crippen molar-refractivity contribution in [2.24, 2.45) is 0 Å². The zero-order chi connectivity index (χ0) is 34.0. The van der Waals surface area contributed by atoms with Crippen LogP contribution in [0, 0.1) is 0 Å². The molecule has 0 heterocycles. The summed E-state index contributed by atoms with van der Waals surface area (Å²) >= 11 is 13.1. The van der Waals surface area contributed by atoms with Gasteiger partial charge < -0.3 is 19.7 Å². The molecule has 4 rings (SSSR count). The number of anilines is 1. The van der Waals surface area contributed by atoms with Gasteiger partial charge in [0.05, 0.1) is 24.8 Å². The zero-order valence-electron chi connectivity index (χ0n) is 26.4. The van der Waals surface area contributed by atoms with Crippen molar-refractivity contribution in [2.45, 2.75) is 37.2 Å². The Balaban J connectivity index is 1.83. The van der Waals surface area contributed by atoms with E-state index in [9.17, 15) is 18.0 Å². The van der Waals surface area contributed by atoms with E-state index in [1.165, 1.54) is 37.3 Å². The molecule has 1 atom stereocenters. The maximum Gasteiger partial charge on any atom is 0.264 e. The number of rotatable bonds is 15. The summed E-state index contributed by atoms with van der Waals surface area (Å²) in [7, 11) is -1.50. The van der Waals surface area contributed by atoms with Crippen LogP contribution in [-0.2, 0) is 32.6 Å². The summed E-state index contributed by atoms with van der Waals surface area (Å²) < 4.78 is 40.3. The number of benzene rings is 4. The van der Waals surface area contributed by atoms with Crippen LogP contribution in [-0.4, -0.2) is 58.5 Å². The normalized spacial score (nSPS) is 11.8. The number of para-hydroxylation sites is 1. The van der Waals surface area contributed by atoms with E-state index >= 15 is 0 Å². The third-order valence-corrected chi connectivity index (χ3v) is 9.95. The summed E-state index contributed by atoms with van der Waals surface area (Å²) in [5.74, 6) is -0.473. The Morgan fingerprint density at radius 2 is 1.45 bits per heavy atom. The lowest BCUT2D eigenvalue weighted by atomic mass is 10.0. The topological polar surface area (TPSA) is 105 Å². The summed E-state index contributed by atoms with van der Waals surface area (Å²) in [4.78, 5) is 29.6. The second-order valence-corrected chi connectivity index (χ2v) is 13.3.